The molecule has 9 heteroatoms. The number of ether oxygens (including phenoxy) is 1. The van der Waals surface area contributed by atoms with Crippen molar-refractivity contribution in [3.05, 3.63) is 95.6 Å². The highest BCUT2D eigenvalue weighted by Gasteiger charge is 2.46. The van der Waals surface area contributed by atoms with Crippen LogP contribution in [0.25, 0.3) is 0 Å². The lowest BCUT2D eigenvalue weighted by Gasteiger charge is -2.41. The molecule has 1 atom stereocenters. The molecular weight excluding hydrogens is 514 g/mol. The summed E-state index contributed by atoms with van der Waals surface area (Å²) in [6.45, 7) is 3.91. The molecule has 0 unspecified atom stereocenters. The van der Waals surface area contributed by atoms with E-state index < -0.39 is 22.0 Å². The number of amides is 2. The predicted octanol–water partition coefficient (Wildman–Crippen LogP) is 3.62. The van der Waals surface area contributed by atoms with E-state index in [1.807, 2.05) is 36.4 Å². The van der Waals surface area contributed by atoms with Crippen molar-refractivity contribution in [1.29, 1.82) is 0 Å². The standard InChI is InChI=1S/C30H33N3O5S/c1-22-21-25(13-15-27(22)38-2)39(36,37)33-26(14-16-28(33)34)30(35)32-19-17-31(18-20-32)29(23-9-5-3-6-10-23)24-11-7-4-8-12-24/h3-13,15,21,26,29H,14,16-20H2,1-2H3/t26-/m1/s1. The number of carbonyl (C=O) groups excluding carboxylic acids is 2. The zero-order valence-corrected chi connectivity index (χ0v) is 23.0. The van der Waals surface area contributed by atoms with Crippen molar-refractivity contribution in [3.8, 4) is 5.75 Å². The largest absolute Gasteiger partial charge is 0.496 e. The van der Waals surface area contributed by atoms with Crippen LogP contribution in [-0.4, -0.2) is 73.7 Å². The van der Waals surface area contributed by atoms with Crippen LogP contribution in [0.4, 0.5) is 0 Å². The fourth-order valence-electron chi connectivity index (χ4n) is 5.61. The molecule has 8 nitrogen and oxygen atoms in total. The zero-order valence-electron chi connectivity index (χ0n) is 22.2. The van der Waals surface area contributed by atoms with Crippen LogP contribution < -0.4 is 4.74 Å². The Hall–Kier alpha value is -3.69. The number of hydrogen-bond acceptors (Lipinski definition) is 6. The van der Waals surface area contributed by atoms with Gasteiger partial charge >= 0.3 is 0 Å². The minimum Gasteiger partial charge on any atom is -0.496 e. The molecule has 2 aliphatic rings. The van der Waals surface area contributed by atoms with Crippen LogP contribution in [0.1, 0.15) is 35.6 Å². The molecule has 0 radical (unpaired) electrons. The highest BCUT2D eigenvalue weighted by molar-refractivity contribution is 7.89. The van der Waals surface area contributed by atoms with Crippen LogP contribution in [0.2, 0.25) is 0 Å². The molecule has 2 heterocycles. The summed E-state index contributed by atoms with van der Waals surface area (Å²) in [7, 11) is -2.68. The van der Waals surface area contributed by atoms with E-state index in [2.05, 4.69) is 29.2 Å². The topological polar surface area (TPSA) is 87.2 Å². The van der Waals surface area contributed by atoms with Gasteiger partial charge in [0.15, 0.2) is 0 Å². The number of sulfonamides is 1. The van der Waals surface area contributed by atoms with Crippen molar-refractivity contribution >= 4 is 21.8 Å². The number of nitrogens with zero attached hydrogens (tertiary/aromatic N) is 3. The summed E-state index contributed by atoms with van der Waals surface area (Å²) in [6.07, 6.45) is 0.206. The molecule has 0 spiro atoms. The summed E-state index contributed by atoms with van der Waals surface area (Å²) in [5.74, 6) is -0.310. The molecular formula is C30H33N3O5S. The van der Waals surface area contributed by atoms with Gasteiger partial charge < -0.3 is 9.64 Å². The monoisotopic (exact) mass is 547 g/mol. The number of methoxy groups -OCH3 is 1. The summed E-state index contributed by atoms with van der Waals surface area (Å²) >= 11 is 0. The van der Waals surface area contributed by atoms with Crippen LogP contribution in [0.15, 0.2) is 83.8 Å². The van der Waals surface area contributed by atoms with E-state index in [0.29, 0.717) is 37.5 Å². The van der Waals surface area contributed by atoms with Crippen molar-refractivity contribution in [3.63, 3.8) is 0 Å². The van der Waals surface area contributed by atoms with Gasteiger partial charge in [0.05, 0.1) is 18.0 Å². The van der Waals surface area contributed by atoms with Gasteiger partial charge in [-0.15, -0.1) is 0 Å². The highest BCUT2D eigenvalue weighted by Crippen LogP contribution is 2.32. The van der Waals surface area contributed by atoms with Gasteiger partial charge in [0.2, 0.25) is 11.8 Å². The second-order valence-electron chi connectivity index (χ2n) is 9.97. The lowest BCUT2D eigenvalue weighted by atomic mass is 9.96. The molecule has 0 saturated carbocycles. The molecule has 2 amide bonds. The number of aryl methyl sites for hydroxylation is 1. The molecule has 2 fully saturated rings. The Balaban J connectivity index is 1.33. The minimum absolute atomic E-state index is 0.0211. The minimum atomic E-state index is -4.19. The first kappa shape index (κ1) is 26.9. The van der Waals surface area contributed by atoms with Crippen molar-refractivity contribution in [2.24, 2.45) is 0 Å². The molecule has 39 heavy (non-hydrogen) atoms. The average Bonchev–Trinajstić information content (AvgIpc) is 3.36. The molecule has 0 aromatic heterocycles. The Morgan fingerprint density at radius 1 is 0.897 bits per heavy atom. The van der Waals surface area contributed by atoms with E-state index in [0.717, 1.165) is 4.31 Å². The second kappa shape index (κ2) is 11.2. The third-order valence-corrected chi connectivity index (χ3v) is 9.42. The lowest BCUT2D eigenvalue weighted by molar-refractivity contribution is -0.139. The molecule has 0 bridgehead atoms. The smallest absolute Gasteiger partial charge is 0.267 e. The van der Waals surface area contributed by atoms with Gasteiger partial charge in [-0.3, -0.25) is 14.5 Å². The summed E-state index contributed by atoms with van der Waals surface area (Å²) in [6, 6.07) is 24.0. The third kappa shape index (κ3) is 5.29. The number of rotatable bonds is 7. The van der Waals surface area contributed by atoms with Gasteiger partial charge in [-0.25, -0.2) is 12.7 Å². The summed E-state index contributed by atoms with van der Waals surface area (Å²) in [5, 5.41) is 0. The normalized spacial score (nSPS) is 18.5. The van der Waals surface area contributed by atoms with E-state index >= 15 is 0 Å². The SMILES string of the molecule is COc1ccc(S(=O)(=O)N2C(=O)CC[C@@H]2C(=O)N2CCN(C(c3ccccc3)c3ccccc3)CC2)cc1C. The van der Waals surface area contributed by atoms with Crippen LogP contribution in [0, 0.1) is 6.92 Å². The van der Waals surface area contributed by atoms with Crippen LogP contribution in [0.5, 0.6) is 5.75 Å². The van der Waals surface area contributed by atoms with Crippen molar-refractivity contribution < 1.29 is 22.7 Å². The number of carbonyl (C=O) groups is 2. The maximum atomic E-state index is 13.6. The Morgan fingerprint density at radius 3 is 2.03 bits per heavy atom. The Labute approximate surface area is 229 Å². The number of benzene rings is 3. The quantitative estimate of drug-likeness (QED) is 0.449. The van der Waals surface area contributed by atoms with Crippen molar-refractivity contribution in [2.45, 2.75) is 36.7 Å². The lowest BCUT2D eigenvalue weighted by Crippen LogP contribution is -2.55. The zero-order chi connectivity index (χ0) is 27.6. The average molecular weight is 548 g/mol. The van der Waals surface area contributed by atoms with E-state index in [9.17, 15) is 18.0 Å². The van der Waals surface area contributed by atoms with E-state index in [4.69, 9.17) is 4.74 Å². The molecule has 0 aliphatic carbocycles. The summed E-state index contributed by atoms with van der Waals surface area (Å²) in [4.78, 5) is 30.5. The number of hydrogen-bond donors (Lipinski definition) is 0. The van der Waals surface area contributed by atoms with Gasteiger partial charge in [-0.2, -0.15) is 0 Å². The Morgan fingerprint density at radius 2 is 1.49 bits per heavy atom. The molecule has 0 N–H and O–H groups in total. The van der Waals surface area contributed by atoms with E-state index in [1.165, 1.54) is 30.4 Å². The van der Waals surface area contributed by atoms with E-state index in [-0.39, 0.29) is 29.7 Å². The molecule has 3 aromatic rings. The summed E-state index contributed by atoms with van der Waals surface area (Å²) in [5.41, 5.74) is 2.99. The predicted molar refractivity (Wildman–Crippen MR) is 148 cm³/mol. The van der Waals surface area contributed by atoms with Gasteiger partial charge in [-0.05, 0) is 48.2 Å². The van der Waals surface area contributed by atoms with Gasteiger partial charge in [0.1, 0.15) is 11.8 Å². The molecule has 2 saturated heterocycles. The maximum absolute atomic E-state index is 13.6. The molecule has 5 rings (SSSR count). The molecule has 2 aliphatic heterocycles. The van der Waals surface area contributed by atoms with Crippen molar-refractivity contribution in [1.82, 2.24) is 14.1 Å². The van der Waals surface area contributed by atoms with E-state index in [1.54, 1.807) is 17.9 Å². The second-order valence-corrected chi connectivity index (χ2v) is 11.8. The molecule has 3 aromatic carbocycles. The fraction of sp³-hybridized carbons (Fsp3) is 0.333. The summed E-state index contributed by atoms with van der Waals surface area (Å²) < 4.78 is 33.1. The first-order valence-corrected chi connectivity index (χ1v) is 14.6. The molecule has 204 valence electrons. The Bertz CT molecular complexity index is 1400. The van der Waals surface area contributed by atoms with Gasteiger partial charge in [0.25, 0.3) is 10.0 Å². The first-order valence-electron chi connectivity index (χ1n) is 13.2. The fourth-order valence-corrected chi connectivity index (χ4v) is 7.29. The van der Waals surface area contributed by atoms with Crippen molar-refractivity contribution in [2.75, 3.05) is 33.3 Å². The highest BCUT2D eigenvalue weighted by atomic mass is 32.2. The van der Waals surface area contributed by atoms with Crippen LogP contribution in [-0.2, 0) is 19.6 Å². The van der Waals surface area contributed by atoms with Crippen LogP contribution >= 0.6 is 0 Å². The first-order chi connectivity index (χ1) is 18.8. The van der Waals surface area contributed by atoms with Crippen LogP contribution in [0.3, 0.4) is 0 Å². The Kier molecular flexibility index (Phi) is 7.72. The maximum Gasteiger partial charge on any atom is 0.267 e. The number of piperazine rings is 1. The van der Waals surface area contributed by atoms with Gasteiger partial charge in [0, 0.05) is 32.6 Å². The third-order valence-electron chi connectivity index (χ3n) is 7.59. The van der Waals surface area contributed by atoms with Gasteiger partial charge in [-0.1, -0.05) is 60.7 Å².